The van der Waals surface area contributed by atoms with Crippen molar-refractivity contribution in [3.63, 3.8) is 0 Å². The minimum atomic E-state index is -0.372. The highest BCUT2D eigenvalue weighted by Crippen LogP contribution is 2.34. The molecule has 1 N–H and O–H groups in total. The molecule has 0 spiro atoms. The van der Waals surface area contributed by atoms with Crippen LogP contribution in [-0.2, 0) is 16.1 Å². The summed E-state index contributed by atoms with van der Waals surface area (Å²) in [6, 6.07) is 5.66. The zero-order valence-electron chi connectivity index (χ0n) is 11.5. The predicted octanol–water partition coefficient (Wildman–Crippen LogP) is 1.75. The first kappa shape index (κ1) is 14.4. The van der Waals surface area contributed by atoms with Crippen LogP contribution in [0.15, 0.2) is 24.3 Å². The van der Waals surface area contributed by atoms with Gasteiger partial charge in [-0.1, -0.05) is 12.1 Å². The fourth-order valence-corrected chi connectivity index (χ4v) is 3.51. The van der Waals surface area contributed by atoms with Crippen molar-refractivity contribution < 1.29 is 14.0 Å². The van der Waals surface area contributed by atoms with Crippen LogP contribution in [0, 0.1) is 11.7 Å². The van der Waals surface area contributed by atoms with E-state index in [0.717, 1.165) is 18.4 Å². The van der Waals surface area contributed by atoms with Crippen LogP contribution in [0.25, 0.3) is 0 Å². The van der Waals surface area contributed by atoms with E-state index in [1.807, 2.05) is 0 Å². The molecule has 4 nitrogen and oxygen atoms in total. The third kappa shape index (κ3) is 3.37. The molecule has 21 heavy (non-hydrogen) atoms. The third-order valence-corrected chi connectivity index (χ3v) is 4.79. The second kappa shape index (κ2) is 6.05. The van der Waals surface area contributed by atoms with Gasteiger partial charge in [-0.25, -0.2) is 4.39 Å². The molecule has 1 heterocycles. The van der Waals surface area contributed by atoms with Crippen LogP contribution < -0.4 is 5.32 Å². The summed E-state index contributed by atoms with van der Waals surface area (Å²) in [5, 5.41) is 2.84. The quantitative estimate of drug-likeness (QED) is 0.922. The van der Waals surface area contributed by atoms with Crippen molar-refractivity contribution in [1.29, 1.82) is 0 Å². The summed E-state index contributed by atoms with van der Waals surface area (Å²) in [4.78, 5) is 26.1. The highest BCUT2D eigenvalue weighted by Gasteiger charge is 2.41. The summed E-state index contributed by atoms with van der Waals surface area (Å²) >= 11 is 1.61. The molecule has 0 bridgehead atoms. The van der Waals surface area contributed by atoms with E-state index in [4.69, 9.17) is 0 Å². The van der Waals surface area contributed by atoms with Gasteiger partial charge in [-0.3, -0.25) is 9.59 Å². The van der Waals surface area contributed by atoms with E-state index in [-0.39, 0.29) is 29.6 Å². The van der Waals surface area contributed by atoms with Crippen molar-refractivity contribution in [2.45, 2.75) is 25.4 Å². The Labute approximate surface area is 127 Å². The molecular weight excluding hydrogens is 291 g/mol. The summed E-state index contributed by atoms with van der Waals surface area (Å²) in [6.07, 6.45) is 1.90. The number of thioether (sulfide) groups is 1. The van der Waals surface area contributed by atoms with Crippen LogP contribution in [-0.4, -0.2) is 34.4 Å². The average Bonchev–Trinajstić information content (AvgIpc) is 3.22. The van der Waals surface area contributed by atoms with Gasteiger partial charge >= 0.3 is 0 Å². The minimum absolute atomic E-state index is 0.113. The molecule has 1 aromatic carbocycles. The average molecular weight is 308 g/mol. The van der Waals surface area contributed by atoms with Gasteiger partial charge in [0.05, 0.1) is 5.88 Å². The second-order valence-corrected chi connectivity index (χ2v) is 6.44. The molecule has 1 aliphatic carbocycles. The molecule has 1 aliphatic heterocycles. The minimum Gasteiger partial charge on any atom is -0.350 e. The molecule has 1 saturated carbocycles. The molecule has 0 radical (unpaired) electrons. The maximum atomic E-state index is 12.8. The number of hydrogen-bond donors (Lipinski definition) is 1. The Hall–Kier alpha value is -1.56. The van der Waals surface area contributed by atoms with E-state index in [2.05, 4.69) is 5.32 Å². The molecule has 1 atom stereocenters. The number of carbonyl (C=O) groups excluding carboxylic acids is 2. The van der Waals surface area contributed by atoms with Crippen molar-refractivity contribution in [1.82, 2.24) is 10.2 Å². The monoisotopic (exact) mass is 308 g/mol. The van der Waals surface area contributed by atoms with Crippen LogP contribution in [0.3, 0.4) is 0 Å². The van der Waals surface area contributed by atoms with Gasteiger partial charge in [0.15, 0.2) is 0 Å². The molecule has 1 saturated heterocycles. The maximum absolute atomic E-state index is 12.8. The van der Waals surface area contributed by atoms with Gasteiger partial charge in [-0.05, 0) is 30.5 Å². The largest absolute Gasteiger partial charge is 0.350 e. The van der Waals surface area contributed by atoms with Crippen molar-refractivity contribution in [3.05, 3.63) is 35.6 Å². The lowest BCUT2D eigenvalue weighted by Crippen LogP contribution is -2.47. The molecule has 0 aromatic heterocycles. The maximum Gasteiger partial charge on any atom is 0.243 e. The first-order valence-electron chi connectivity index (χ1n) is 7.05. The number of halogens is 1. The molecule has 2 amide bonds. The molecule has 3 rings (SSSR count). The Morgan fingerprint density at radius 1 is 1.29 bits per heavy atom. The Morgan fingerprint density at radius 3 is 2.67 bits per heavy atom. The number of rotatable bonds is 4. The number of carbonyl (C=O) groups is 2. The molecule has 2 fully saturated rings. The Balaban J connectivity index is 1.56. The van der Waals surface area contributed by atoms with Gasteiger partial charge in [0.1, 0.15) is 11.9 Å². The molecule has 112 valence electrons. The second-order valence-electron chi connectivity index (χ2n) is 5.44. The van der Waals surface area contributed by atoms with Gasteiger partial charge in [0, 0.05) is 18.2 Å². The topological polar surface area (TPSA) is 49.4 Å². The SMILES string of the molecule is O=C(NCc1ccc(F)cc1)C1CSCN1C(=O)C1CC1. The first-order chi connectivity index (χ1) is 10.1. The highest BCUT2D eigenvalue weighted by atomic mass is 32.2. The Bertz CT molecular complexity index is 545. The molecular formula is C15H17FN2O2S. The summed E-state index contributed by atoms with van der Waals surface area (Å²) in [5.41, 5.74) is 0.843. The van der Waals surface area contributed by atoms with Crippen LogP contribution in [0.2, 0.25) is 0 Å². The lowest BCUT2D eigenvalue weighted by Gasteiger charge is -2.23. The van der Waals surface area contributed by atoms with Gasteiger partial charge in [-0.2, -0.15) is 0 Å². The zero-order chi connectivity index (χ0) is 14.8. The number of benzene rings is 1. The summed E-state index contributed by atoms with van der Waals surface area (Å²) in [7, 11) is 0. The van der Waals surface area contributed by atoms with Crippen molar-refractivity contribution in [2.75, 3.05) is 11.6 Å². The van der Waals surface area contributed by atoms with E-state index >= 15 is 0 Å². The van der Waals surface area contributed by atoms with Crippen molar-refractivity contribution >= 4 is 23.6 Å². The fraction of sp³-hybridized carbons (Fsp3) is 0.467. The highest BCUT2D eigenvalue weighted by molar-refractivity contribution is 7.99. The van der Waals surface area contributed by atoms with Gasteiger partial charge in [0.25, 0.3) is 0 Å². The number of amides is 2. The first-order valence-corrected chi connectivity index (χ1v) is 8.21. The van der Waals surface area contributed by atoms with Gasteiger partial charge in [0.2, 0.25) is 11.8 Å². The summed E-state index contributed by atoms with van der Waals surface area (Å²) < 4.78 is 12.8. The summed E-state index contributed by atoms with van der Waals surface area (Å²) in [6.45, 7) is 0.353. The van der Waals surface area contributed by atoms with Gasteiger partial charge < -0.3 is 10.2 Å². The lowest BCUT2D eigenvalue weighted by molar-refractivity contribution is -0.139. The smallest absolute Gasteiger partial charge is 0.243 e. The van der Waals surface area contributed by atoms with E-state index in [0.29, 0.717) is 18.2 Å². The molecule has 1 aromatic rings. The van der Waals surface area contributed by atoms with E-state index in [9.17, 15) is 14.0 Å². The number of nitrogens with one attached hydrogen (secondary N) is 1. The van der Waals surface area contributed by atoms with Crippen molar-refractivity contribution in [2.24, 2.45) is 5.92 Å². The van der Waals surface area contributed by atoms with E-state index in [1.54, 1.807) is 28.8 Å². The van der Waals surface area contributed by atoms with Crippen LogP contribution in [0.1, 0.15) is 18.4 Å². The Kier molecular flexibility index (Phi) is 4.14. The number of hydrogen-bond acceptors (Lipinski definition) is 3. The van der Waals surface area contributed by atoms with E-state index < -0.39 is 0 Å². The number of nitrogens with zero attached hydrogens (tertiary/aromatic N) is 1. The van der Waals surface area contributed by atoms with Crippen LogP contribution >= 0.6 is 11.8 Å². The Morgan fingerprint density at radius 2 is 2.00 bits per heavy atom. The molecule has 2 aliphatic rings. The third-order valence-electron chi connectivity index (χ3n) is 3.77. The summed E-state index contributed by atoms with van der Waals surface area (Å²) in [5.74, 6) is 1.08. The van der Waals surface area contributed by atoms with Gasteiger partial charge in [-0.15, -0.1) is 11.8 Å². The predicted molar refractivity (Wildman–Crippen MR) is 78.9 cm³/mol. The standard InChI is InChI=1S/C15H17FN2O2S/c16-12-5-1-10(2-6-12)7-17-14(19)13-8-21-9-18(13)15(20)11-3-4-11/h1-2,5-6,11,13H,3-4,7-9H2,(H,17,19). The van der Waals surface area contributed by atoms with Crippen molar-refractivity contribution in [3.8, 4) is 0 Å². The van der Waals surface area contributed by atoms with Crippen LogP contribution in [0.4, 0.5) is 4.39 Å². The normalized spacial score (nSPS) is 21.4. The lowest BCUT2D eigenvalue weighted by atomic mass is 10.2. The molecule has 1 unspecified atom stereocenters. The van der Waals surface area contributed by atoms with E-state index in [1.165, 1.54) is 12.1 Å². The fourth-order valence-electron chi connectivity index (χ4n) is 2.35. The molecule has 6 heteroatoms. The van der Waals surface area contributed by atoms with Crippen LogP contribution in [0.5, 0.6) is 0 Å². The zero-order valence-corrected chi connectivity index (χ0v) is 12.4.